The summed E-state index contributed by atoms with van der Waals surface area (Å²) in [5.74, 6) is 0.719. The van der Waals surface area contributed by atoms with E-state index in [2.05, 4.69) is 32.4 Å². The lowest BCUT2D eigenvalue weighted by Gasteiger charge is -2.20. The molecule has 0 saturated heterocycles. The molecular formula is C20H18BrN3O2. The standard InChI is InChI=1S/C20H18BrN3O2/c1-12-3-6-18-16(7-12)20-14(11-26-18)9-22-24(20)10-19(25)23-17-5-4-15(21)8-13(17)2/h3-9H,10-11H2,1-2H3,(H,23,25). The number of carbonyl (C=O) groups is 1. The van der Waals surface area contributed by atoms with Crippen LogP contribution < -0.4 is 10.1 Å². The lowest BCUT2D eigenvalue weighted by Crippen LogP contribution is -2.21. The Morgan fingerprint density at radius 1 is 1.27 bits per heavy atom. The summed E-state index contributed by atoms with van der Waals surface area (Å²) in [4.78, 5) is 12.6. The molecule has 2 aromatic carbocycles. The zero-order valence-electron chi connectivity index (χ0n) is 14.5. The highest BCUT2D eigenvalue weighted by atomic mass is 79.9. The Hall–Kier alpha value is -2.60. The third-order valence-electron chi connectivity index (χ3n) is 4.44. The van der Waals surface area contributed by atoms with E-state index in [-0.39, 0.29) is 12.5 Å². The maximum absolute atomic E-state index is 12.6. The van der Waals surface area contributed by atoms with Gasteiger partial charge in [-0.1, -0.05) is 27.6 Å². The lowest BCUT2D eigenvalue weighted by atomic mass is 10.0. The minimum Gasteiger partial charge on any atom is -0.488 e. The number of hydrogen-bond acceptors (Lipinski definition) is 3. The topological polar surface area (TPSA) is 56.2 Å². The highest BCUT2D eigenvalue weighted by Crippen LogP contribution is 2.37. The molecule has 1 N–H and O–H groups in total. The molecule has 1 amide bonds. The highest BCUT2D eigenvalue weighted by Gasteiger charge is 2.23. The van der Waals surface area contributed by atoms with E-state index in [1.807, 2.05) is 44.2 Å². The molecule has 0 bridgehead atoms. The molecule has 1 aromatic heterocycles. The summed E-state index contributed by atoms with van der Waals surface area (Å²) in [7, 11) is 0. The monoisotopic (exact) mass is 411 g/mol. The fraction of sp³-hybridized carbons (Fsp3) is 0.200. The third-order valence-corrected chi connectivity index (χ3v) is 4.94. The van der Waals surface area contributed by atoms with Crippen molar-refractivity contribution in [3.63, 3.8) is 0 Å². The van der Waals surface area contributed by atoms with Crippen LogP contribution in [0.4, 0.5) is 5.69 Å². The summed E-state index contributed by atoms with van der Waals surface area (Å²) in [6.07, 6.45) is 1.78. The van der Waals surface area contributed by atoms with Crippen LogP contribution in [0, 0.1) is 13.8 Å². The number of ether oxygens (including phenoxy) is 1. The number of fused-ring (bicyclic) bond motifs is 3. The second kappa shape index (κ2) is 6.61. The van der Waals surface area contributed by atoms with Gasteiger partial charge in [0, 0.05) is 21.3 Å². The maximum atomic E-state index is 12.6. The van der Waals surface area contributed by atoms with Crippen LogP contribution in [0.5, 0.6) is 5.75 Å². The smallest absolute Gasteiger partial charge is 0.246 e. The van der Waals surface area contributed by atoms with Gasteiger partial charge >= 0.3 is 0 Å². The first-order chi connectivity index (χ1) is 12.5. The Labute approximate surface area is 160 Å². The molecular weight excluding hydrogens is 394 g/mol. The predicted octanol–water partition coefficient (Wildman–Crippen LogP) is 4.46. The van der Waals surface area contributed by atoms with E-state index in [0.717, 1.165) is 43.9 Å². The van der Waals surface area contributed by atoms with Gasteiger partial charge in [-0.15, -0.1) is 0 Å². The minimum absolute atomic E-state index is 0.109. The van der Waals surface area contributed by atoms with Gasteiger partial charge in [-0.25, -0.2) is 0 Å². The van der Waals surface area contributed by atoms with Gasteiger partial charge in [0.2, 0.25) is 5.91 Å². The number of benzene rings is 2. The van der Waals surface area contributed by atoms with Crippen LogP contribution >= 0.6 is 15.9 Å². The molecule has 5 nitrogen and oxygen atoms in total. The van der Waals surface area contributed by atoms with Crippen LogP contribution in [0.3, 0.4) is 0 Å². The molecule has 26 heavy (non-hydrogen) atoms. The summed E-state index contributed by atoms with van der Waals surface area (Å²) >= 11 is 3.43. The minimum atomic E-state index is -0.109. The number of halogens is 1. The van der Waals surface area contributed by atoms with Crippen LogP contribution in [0.25, 0.3) is 11.3 Å². The predicted molar refractivity (Wildman–Crippen MR) is 104 cm³/mol. The van der Waals surface area contributed by atoms with E-state index in [0.29, 0.717) is 6.61 Å². The van der Waals surface area contributed by atoms with Crippen molar-refractivity contribution in [2.75, 3.05) is 5.32 Å². The summed E-state index contributed by atoms with van der Waals surface area (Å²) in [6, 6.07) is 11.8. The Bertz CT molecular complexity index is 1010. The van der Waals surface area contributed by atoms with Crippen LogP contribution in [0.1, 0.15) is 16.7 Å². The zero-order chi connectivity index (χ0) is 18.3. The number of nitrogens with zero attached hydrogens (tertiary/aromatic N) is 2. The van der Waals surface area contributed by atoms with E-state index in [9.17, 15) is 4.79 Å². The quantitative estimate of drug-likeness (QED) is 0.691. The van der Waals surface area contributed by atoms with Crippen molar-refractivity contribution in [1.29, 1.82) is 0 Å². The molecule has 0 unspecified atom stereocenters. The van der Waals surface area contributed by atoms with Crippen molar-refractivity contribution >= 4 is 27.5 Å². The van der Waals surface area contributed by atoms with Gasteiger partial charge in [0.1, 0.15) is 18.9 Å². The van der Waals surface area contributed by atoms with Gasteiger partial charge in [0.25, 0.3) is 0 Å². The van der Waals surface area contributed by atoms with Crippen LogP contribution in [-0.2, 0) is 17.9 Å². The van der Waals surface area contributed by atoms with Crippen LogP contribution in [-0.4, -0.2) is 15.7 Å². The van der Waals surface area contributed by atoms with Crippen molar-refractivity contribution in [3.05, 3.63) is 63.8 Å². The number of amides is 1. The molecule has 132 valence electrons. The molecule has 4 rings (SSSR count). The summed E-state index contributed by atoms with van der Waals surface area (Å²) in [5, 5.41) is 7.38. The van der Waals surface area contributed by atoms with E-state index in [4.69, 9.17) is 4.74 Å². The molecule has 0 fully saturated rings. The summed E-state index contributed by atoms with van der Waals surface area (Å²) < 4.78 is 8.52. The SMILES string of the molecule is Cc1ccc2c(c1)-c1c(cnn1CC(=O)Nc1ccc(Br)cc1C)CO2. The van der Waals surface area contributed by atoms with Gasteiger partial charge in [0.05, 0.1) is 11.9 Å². The molecule has 2 heterocycles. The molecule has 0 spiro atoms. The Morgan fingerprint density at radius 3 is 2.92 bits per heavy atom. The van der Waals surface area contributed by atoms with E-state index in [1.54, 1.807) is 10.9 Å². The first-order valence-electron chi connectivity index (χ1n) is 8.36. The van der Waals surface area contributed by atoms with E-state index in [1.165, 1.54) is 0 Å². The number of anilines is 1. The second-order valence-corrected chi connectivity index (χ2v) is 7.39. The molecule has 1 aliphatic rings. The molecule has 3 aromatic rings. The van der Waals surface area contributed by atoms with Crippen molar-refractivity contribution in [2.45, 2.75) is 27.0 Å². The highest BCUT2D eigenvalue weighted by molar-refractivity contribution is 9.10. The van der Waals surface area contributed by atoms with Gasteiger partial charge in [-0.05, 0) is 49.7 Å². The van der Waals surface area contributed by atoms with Crippen LogP contribution in [0.15, 0.2) is 47.1 Å². The number of carbonyl (C=O) groups excluding carboxylic acids is 1. The average Bonchev–Trinajstić information content (AvgIpc) is 3.00. The van der Waals surface area contributed by atoms with E-state index < -0.39 is 0 Å². The molecule has 0 radical (unpaired) electrons. The second-order valence-electron chi connectivity index (χ2n) is 6.47. The number of hydrogen-bond donors (Lipinski definition) is 1. The summed E-state index contributed by atoms with van der Waals surface area (Å²) in [5.41, 5.74) is 5.89. The normalized spacial score (nSPS) is 12.1. The number of aryl methyl sites for hydroxylation is 2. The Kier molecular flexibility index (Phi) is 4.28. The molecule has 0 saturated carbocycles. The average molecular weight is 412 g/mol. The first-order valence-corrected chi connectivity index (χ1v) is 9.15. The largest absolute Gasteiger partial charge is 0.488 e. The lowest BCUT2D eigenvalue weighted by molar-refractivity contribution is -0.116. The van der Waals surface area contributed by atoms with Crippen molar-refractivity contribution in [2.24, 2.45) is 0 Å². The first kappa shape index (κ1) is 16.8. The Morgan fingerprint density at radius 2 is 2.12 bits per heavy atom. The van der Waals surface area contributed by atoms with Crippen molar-refractivity contribution in [3.8, 4) is 17.0 Å². The van der Waals surface area contributed by atoms with Gasteiger partial charge < -0.3 is 10.1 Å². The fourth-order valence-electron chi connectivity index (χ4n) is 3.16. The number of aromatic nitrogens is 2. The van der Waals surface area contributed by atoms with Crippen molar-refractivity contribution < 1.29 is 9.53 Å². The van der Waals surface area contributed by atoms with Gasteiger partial charge in [-0.2, -0.15) is 5.10 Å². The van der Waals surface area contributed by atoms with Gasteiger partial charge in [0.15, 0.2) is 0 Å². The summed E-state index contributed by atoms with van der Waals surface area (Å²) in [6.45, 7) is 4.63. The maximum Gasteiger partial charge on any atom is 0.246 e. The molecule has 0 aliphatic carbocycles. The van der Waals surface area contributed by atoms with Gasteiger partial charge in [-0.3, -0.25) is 9.48 Å². The van der Waals surface area contributed by atoms with E-state index >= 15 is 0 Å². The molecule has 1 aliphatic heterocycles. The molecule has 6 heteroatoms. The van der Waals surface area contributed by atoms with Crippen molar-refractivity contribution in [1.82, 2.24) is 9.78 Å². The molecule has 0 atom stereocenters. The van der Waals surface area contributed by atoms with Crippen LogP contribution in [0.2, 0.25) is 0 Å². The zero-order valence-corrected chi connectivity index (χ0v) is 16.1. The Balaban J connectivity index is 1.61. The third kappa shape index (κ3) is 3.12. The number of rotatable bonds is 3. The number of nitrogens with one attached hydrogen (secondary N) is 1. The fourth-order valence-corrected chi connectivity index (χ4v) is 3.64.